The number of nitrogen functional groups attached to an aromatic ring is 1. The van der Waals surface area contributed by atoms with Gasteiger partial charge >= 0.3 is 0 Å². The van der Waals surface area contributed by atoms with Gasteiger partial charge in [-0.15, -0.1) is 0 Å². The van der Waals surface area contributed by atoms with Crippen molar-refractivity contribution >= 4 is 15.8 Å². The molecule has 1 heterocycles. The highest BCUT2D eigenvalue weighted by atomic mass is 32.2. The minimum atomic E-state index is -3.51. The Labute approximate surface area is 120 Å². The highest BCUT2D eigenvalue weighted by Crippen LogP contribution is 2.24. The second kappa shape index (κ2) is 6.51. The predicted molar refractivity (Wildman–Crippen MR) is 78.4 cm³/mol. The van der Waals surface area contributed by atoms with Crippen LogP contribution >= 0.6 is 0 Å². The van der Waals surface area contributed by atoms with Crippen LogP contribution in [-0.4, -0.2) is 19.4 Å². The van der Waals surface area contributed by atoms with E-state index in [1.165, 1.54) is 24.8 Å². The zero-order valence-corrected chi connectivity index (χ0v) is 12.5. The molecule has 0 radical (unpaired) electrons. The minimum Gasteiger partial charge on any atom is -0.308 e. The number of hydrogen-bond donors (Lipinski definition) is 3. The Hall–Kier alpha value is -1.18. The quantitative estimate of drug-likeness (QED) is 0.446. The highest BCUT2D eigenvalue weighted by Gasteiger charge is 2.23. The maximum Gasteiger partial charge on any atom is 0.241 e. The third-order valence-electron chi connectivity index (χ3n) is 3.77. The molecule has 2 atom stereocenters. The first-order valence-electron chi connectivity index (χ1n) is 6.96. The minimum absolute atomic E-state index is 0.0207. The summed E-state index contributed by atoms with van der Waals surface area (Å²) in [5.41, 5.74) is 2.36. The first-order chi connectivity index (χ1) is 9.51. The molecule has 1 saturated carbocycles. The van der Waals surface area contributed by atoms with Crippen molar-refractivity contribution in [3.8, 4) is 0 Å². The Kier molecular flexibility index (Phi) is 4.95. The molecule has 4 N–H and O–H groups in total. The van der Waals surface area contributed by atoms with E-state index in [1.54, 1.807) is 0 Å². The molecular formula is C13H22N4O2S. The molecule has 7 heteroatoms. The van der Waals surface area contributed by atoms with Crippen molar-refractivity contribution in [3.63, 3.8) is 0 Å². The Morgan fingerprint density at radius 3 is 2.85 bits per heavy atom. The Morgan fingerprint density at radius 1 is 1.30 bits per heavy atom. The fourth-order valence-corrected chi connectivity index (χ4v) is 3.87. The lowest BCUT2D eigenvalue weighted by atomic mass is 10.0. The maximum absolute atomic E-state index is 12.4. The lowest BCUT2D eigenvalue weighted by Gasteiger charge is -2.16. The van der Waals surface area contributed by atoms with Crippen LogP contribution in [-0.2, 0) is 10.0 Å². The van der Waals surface area contributed by atoms with Gasteiger partial charge in [-0.3, -0.25) is 0 Å². The molecule has 0 aromatic carbocycles. The van der Waals surface area contributed by atoms with Gasteiger partial charge in [0.25, 0.3) is 0 Å². The van der Waals surface area contributed by atoms with Crippen LogP contribution in [0.25, 0.3) is 0 Å². The van der Waals surface area contributed by atoms with E-state index in [0.717, 1.165) is 25.7 Å². The van der Waals surface area contributed by atoms with Gasteiger partial charge < -0.3 is 5.43 Å². The van der Waals surface area contributed by atoms with Gasteiger partial charge in [-0.1, -0.05) is 19.8 Å². The predicted octanol–water partition coefficient (Wildman–Crippen LogP) is 1.61. The highest BCUT2D eigenvalue weighted by molar-refractivity contribution is 7.89. The summed E-state index contributed by atoms with van der Waals surface area (Å²) in [6, 6.07) is 2.93. The summed E-state index contributed by atoms with van der Waals surface area (Å²) in [6.45, 7) is 2.22. The monoisotopic (exact) mass is 298 g/mol. The molecule has 1 aliphatic carbocycles. The summed E-state index contributed by atoms with van der Waals surface area (Å²) in [4.78, 5) is 4.11. The van der Waals surface area contributed by atoms with Crippen LogP contribution in [0.3, 0.4) is 0 Å². The van der Waals surface area contributed by atoms with Crippen LogP contribution in [0.15, 0.2) is 23.2 Å². The summed E-state index contributed by atoms with van der Waals surface area (Å²) in [5.74, 6) is 6.27. The normalized spacial score (nSPS) is 24.1. The van der Waals surface area contributed by atoms with Gasteiger partial charge in [-0.25, -0.2) is 24.0 Å². The molecule has 6 nitrogen and oxygen atoms in total. The summed E-state index contributed by atoms with van der Waals surface area (Å²) in [5, 5.41) is 0. The molecular weight excluding hydrogens is 276 g/mol. The molecule has 2 unspecified atom stereocenters. The number of aromatic nitrogens is 1. The van der Waals surface area contributed by atoms with E-state index < -0.39 is 10.0 Å². The molecule has 0 bridgehead atoms. The largest absolute Gasteiger partial charge is 0.308 e. The molecule has 1 aromatic rings. The third-order valence-corrected chi connectivity index (χ3v) is 5.29. The van der Waals surface area contributed by atoms with Gasteiger partial charge in [-0.05, 0) is 31.2 Å². The van der Waals surface area contributed by atoms with Gasteiger partial charge in [0.2, 0.25) is 10.0 Å². The Morgan fingerprint density at radius 2 is 2.10 bits per heavy atom. The fraction of sp³-hybridized carbons (Fsp3) is 0.615. The van der Waals surface area contributed by atoms with Crippen LogP contribution in [0.5, 0.6) is 0 Å². The molecule has 0 saturated heterocycles. The van der Waals surface area contributed by atoms with Crippen LogP contribution in [0, 0.1) is 5.92 Å². The van der Waals surface area contributed by atoms with E-state index in [9.17, 15) is 8.42 Å². The summed E-state index contributed by atoms with van der Waals surface area (Å²) in [7, 11) is -3.51. The smallest absolute Gasteiger partial charge is 0.241 e. The maximum atomic E-state index is 12.4. The zero-order chi connectivity index (χ0) is 14.6. The van der Waals surface area contributed by atoms with Crippen LogP contribution in [0.2, 0.25) is 0 Å². The second-order valence-electron chi connectivity index (χ2n) is 5.45. The average molecular weight is 298 g/mol. The number of rotatable bonds is 4. The average Bonchev–Trinajstić information content (AvgIpc) is 2.63. The van der Waals surface area contributed by atoms with Crippen molar-refractivity contribution in [1.82, 2.24) is 9.71 Å². The van der Waals surface area contributed by atoms with Gasteiger partial charge in [0.1, 0.15) is 5.82 Å². The molecule has 1 aliphatic rings. The lowest BCUT2D eigenvalue weighted by molar-refractivity contribution is 0.484. The van der Waals surface area contributed by atoms with Crippen molar-refractivity contribution in [2.75, 3.05) is 5.43 Å². The molecule has 20 heavy (non-hydrogen) atoms. The third kappa shape index (κ3) is 3.91. The molecule has 0 aliphatic heterocycles. The van der Waals surface area contributed by atoms with Crippen molar-refractivity contribution < 1.29 is 8.42 Å². The van der Waals surface area contributed by atoms with Crippen molar-refractivity contribution in [2.24, 2.45) is 11.8 Å². The van der Waals surface area contributed by atoms with E-state index in [-0.39, 0.29) is 10.9 Å². The zero-order valence-electron chi connectivity index (χ0n) is 11.7. The number of pyridine rings is 1. The molecule has 0 amide bonds. The number of sulfonamides is 1. The molecule has 2 rings (SSSR count). The lowest BCUT2D eigenvalue weighted by Crippen LogP contribution is -2.34. The molecule has 1 fully saturated rings. The van der Waals surface area contributed by atoms with E-state index >= 15 is 0 Å². The van der Waals surface area contributed by atoms with E-state index in [2.05, 4.69) is 22.1 Å². The van der Waals surface area contributed by atoms with Crippen molar-refractivity contribution in [3.05, 3.63) is 18.3 Å². The van der Waals surface area contributed by atoms with Crippen LogP contribution in [0.4, 0.5) is 5.82 Å². The Balaban J connectivity index is 2.10. The number of hydrazine groups is 1. The van der Waals surface area contributed by atoms with Gasteiger partial charge in [-0.2, -0.15) is 0 Å². The van der Waals surface area contributed by atoms with Crippen LogP contribution in [0.1, 0.15) is 39.0 Å². The van der Waals surface area contributed by atoms with E-state index in [1.807, 2.05) is 0 Å². The van der Waals surface area contributed by atoms with Crippen LogP contribution < -0.4 is 16.0 Å². The van der Waals surface area contributed by atoms with E-state index in [4.69, 9.17) is 5.84 Å². The van der Waals surface area contributed by atoms with Gasteiger partial charge in [0.15, 0.2) is 0 Å². The van der Waals surface area contributed by atoms with Gasteiger partial charge in [0.05, 0.1) is 4.90 Å². The molecule has 0 spiro atoms. The number of nitrogens with two attached hydrogens (primary N) is 1. The van der Waals surface area contributed by atoms with Gasteiger partial charge in [0, 0.05) is 18.3 Å². The topological polar surface area (TPSA) is 97.1 Å². The Bertz CT molecular complexity index is 547. The molecule has 1 aromatic heterocycles. The number of anilines is 1. The summed E-state index contributed by atoms with van der Waals surface area (Å²) >= 11 is 0. The number of nitrogens with one attached hydrogen (secondary N) is 2. The summed E-state index contributed by atoms with van der Waals surface area (Å²) in [6.07, 6.45) is 6.54. The summed E-state index contributed by atoms with van der Waals surface area (Å²) < 4.78 is 27.5. The number of hydrogen-bond acceptors (Lipinski definition) is 5. The standard InChI is InChI=1S/C13H22N4O2S/c1-10-3-2-4-11(6-5-10)17-20(18,19)12-7-8-15-13(9-12)16-14/h7-11,17H,2-6,14H2,1H3,(H,15,16). The SMILES string of the molecule is CC1CCCC(NS(=O)(=O)c2ccnc(NN)c2)CC1. The first-order valence-corrected chi connectivity index (χ1v) is 8.44. The fourth-order valence-electron chi connectivity index (χ4n) is 2.55. The second-order valence-corrected chi connectivity index (χ2v) is 7.17. The van der Waals surface area contributed by atoms with Crippen molar-refractivity contribution in [1.29, 1.82) is 0 Å². The number of nitrogens with zero attached hydrogens (tertiary/aromatic N) is 1. The van der Waals surface area contributed by atoms with E-state index in [0.29, 0.717) is 11.7 Å². The van der Waals surface area contributed by atoms with Crippen molar-refractivity contribution in [2.45, 2.75) is 50.0 Å². The molecule has 112 valence electrons. The first kappa shape index (κ1) is 15.2.